The normalized spacial score (nSPS) is 17.6. The summed E-state index contributed by atoms with van der Waals surface area (Å²) in [6.07, 6.45) is 4.37. The predicted octanol–water partition coefficient (Wildman–Crippen LogP) is -3.01. The maximum Gasteiger partial charge on any atom is 1.00 e. The molecule has 0 unspecified atom stereocenters. The van der Waals surface area contributed by atoms with E-state index in [0.29, 0.717) is 0 Å². The van der Waals surface area contributed by atoms with E-state index in [-0.39, 0.29) is 78.5 Å². The predicted molar refractivity (Wildman–Crippen MR) is 65.8 cm³/mol. The number of hydrogen-bond donors (Lipinski definition) is 1. The molecule has 0 atom stereocenters. The molecule has 0 aliphatic heterocycles. The summed E-state index contributed by atoms with van der Waals surface area (Å²) >= 11 is 0. The molecule has 1 aliphatic rings. The zero-order valence-corrected chi connectivity index (χ0v) is 16.0. The topological polar surface area (TPSA) is 63.6 Å². The molecule has 0 spiro atoms. The fourth-order valence-electron chi connectivity index (χ4n) is 2.51. The molecular formula is C13H24KLiO4. The van der Waals surface area contributed by atoms with Gasteiger partial charge in [-0.25, -0.2) is 0 Å². The molecule has 102 valence electrons. The third kappa shape index (κ3) is 6.64. The van der Waals surface area contributed by atoms with Gasteiger partial charge in [-0.3, -0.25) is 9.59 Å². The summed E-state index contributed by atoms with van der Waals surface area (Å²) in [5.41, 5.74) is -0.640. The molecule has 0 heterocycles. The van der Waals surface area contributed by atoms with E-state index in [1.807, 2.05) is 20.8 Å². The minimum Gasteiger partial charge on any atom is -1.00 e. The van der Waals surface area contributed by atoms with Gasteiger partial charge in [0, 0.05) is 5.41 Å². The SMILES string of the molecule is CC(C)(C)C1(OC(=O)CC(=O)O)CCCCC1.[H-].[H-].[K+].[Li+]. The number of carbonyl (C=O) groups is 2. The van der Waals surface area contributed by atoms with Gasteiger partial charge in [-0.2, -0.15) is 0 Å². The number of aliphatic carboxylic acids is 1. The molecule has 0 saturated heterocycles. The molecule has 0 radical (unpaired) electrons. The van der Waals surface area contributed by atoms with Crippen LogP contribution in [0, 0.1) is 5.41 Å². The Morgan fingerprint density at radius 1 is 1.21 bits per heavy atom. The standard InChI is InChI=1S/C13H22O4.K.Li.2H/c1-12(2,3)13(7-5-4-6-8-13)17-11(16)9-10(14)15;;;;/h4-9H2,1-3H3,(H,14,15);;;;/q;2*+1;2*-1. The van der Waals surface area contributed by atoms with Gasteiger partial charge in [0.2, 0.25) is 0 Å². The van der Waals surface area contributed by atoms with Gasteiger partial charge in [0.1, 0.15) is 12.0 Å². The van der Waals surface area contributed by atoms with Gasteiger partial charge in [-0.15, -0.1) is 0 Å². The average molecular weight is 290 g/mol. The van der Waals surface area contributed by atoms with Gasteiger partial charge in [-0.1, -0.05) is 27.2 Å². The monoisotopic (exact) mass is 290 g/mol. The van der Waals surface area contributed by atoms with Crippen LogP contribution in [-0.4, -0.2) is 22.6 Å². The zero-order valence-electron chi connectivity index (χ0n) is 14.9. The van der Waals surface area contributed by atoms with Gasteiger partial charge in [0.05, 0.1) is 0 Å². The van der Waals surface area contributed by atoms with Crippen LogP contribution in [0.3, 0.4) is 0 Å². The Kier molecular flexibility index (Phi) is 10.9. The Morgan fingerprint density at radius 3 is 2.05 bits per heavy atom. The van der Waals surface area contributed by atoms with Crippen molar-refractivity contribution in [3.8, 4) is 0 Å². The molecule has 0 aromatic heterocycles. The number of hydrogen-bond acceptors (Lipinski definition) is 3. The maximum atomic E-state index is 11.6. The van der Waals surface area contributed by atoms with Crippen molar-refractivity contribution < 1.29 is 92.5 Å². The Balaban J connectivity index is -0.000000361. The van der Waals surface area contributed by atoms with Crippen molar-refractivity contribution >= 4 is 11.9 Å². The first kappa shape index (κ1) is 22.5. The van der Waals surface area contributed by atoms with Crippen LogP contribution in [0.25, 0.3) is 0 Å². The summed E-state index contributed by atoms with van der Waals surface area (Å²) in [6, 6.07) is 0. The van der Waals surface area contributed by atoms with Gasteiger partial charge in [0.15, 0.2) is 0 Å². The molecule has 0 aromatic rings. The number of carboxylic acids is 1. The van der Waals surface area contributed by atoms with Gasteiger partial charge < -0.3 is 12.7 Å². The second-order valence-electron chi connectivity index (χ2n) is 5.85. The maximum absolute atomic E-state index is 11.6. The van der Waals surface area contributed by atoms with Crippen molar-refractivity contribution in [1.82, 2.24) is 0 Å². The number of carbonyl (C=O) groups excluding carboxylic acids is 1. The largest absolute Gasteiger partial charge is 1.00 e. The van der Waals surface area contributed by atoms with E-state index >= 15 is 0 Å². The minimum absolute atomic E-state index is 0. The molecule has 0 amide bonds. The first-order chi connectivity index (χ1) is 7.77. The average Bonchev–Trinajstić information content (AvgIpc) is 2.15. The van der Waals surface area contributed by atoms with Crippen LogP contribution in [-0.2, 0) is 14.3 Å². The minimum atomic E-state index is -1.13. The Bertz CT molecular complexity index is 316. The molecule has 1 fully saturated rings. The van der Waals surface area contributed by atoms with Gasteiger partial charge in [-0.05, 0) is 25.7 Å². The van der Waals surface area contributed by atoms with E-state index in [1.165, 1.54) is 0 Å². The van der Waals surface area contributed by atoms with Crippen LogP contribution >= 0.6 is 0 Å². The second-order valence-corrected chi connectivity index (χ2v) is 5.85. The number of carboxylic acid groups (broad SMARTS) is 1. The van der Waals surface area contributed by atoms with Gasteiger partial charge >= 0.3 is 82.2 Å². The van der Waals surface area contributed by atoms with Gasteiger partial charge in [0.25, 0.3) is 0 Å². The van der Waals surface area contributed by atoms with Crippen LogP contribution in [0.15, 0.2) is 0 Å². The van der Waals surface area contributed by atoms with Crippen molar-refractivity contribution in [2.24, 2.45) is 5.41 Å². The smallest absolute Gasteiger partial charge is 1.00 e. The fourth-order valence-corrected chi connectivity index (χ4v) is 2.51. The van der Waals surface area contributed by atoms with Crippen LogP contribution in [0.4, 0.5) is 0 Å². The van der Waals surface area contributed by atoms with E-state index in [9.17, 15) is 9.59 Å². The van der Waals surface area contributed by atoms with Crippen molar-refractivity contribution in [2.45, 2.75) is 64.9 Å². The van der Waals surface area contributed by atoms with E-state index in [2.05, 4.69) is 0 Å². The zero-order chi connectivity index (χ0) is 13.1. The molecule has 0 aromatic carbocycles. The van der Waals surface area contributed by atoms with Crippen molar-refractivity contribution in [3.63, 3.8) is 0 Å². The summed E-state index contributed by atoms with van der Waals surface area (Å²) in [5.74, 6) is -1.75. The van der Waals surface area contributed by atoms with E-state index in [0.717, 1.165) is 32.1 Å². The number of rotatable bonds is 3. The van der Waals surface area contributed by atoms with Crippen LogP contribution in [0.5, 0.6) is 0 Å². The van der Waals surface area contributed by atoms with Crippen molar-refractivity contribution in [1.29, 1.82) is 0 Å². The first-order valence-electron chi connectivity index (χ1n) is 6.20. The molecule has 1 saturated carbocycles. The Morgan fingerprint density at radius 2 is 1.68 bits per heavy atom. The molecule has 1 aliphatic carbocycles. The Hall–Kier alpha value is 1.17. The van der Waals surface area contributed by atoms with Crippen LogP contribution < -0.4 is 70.2 Å². The molecular weight excluding hydrogens is 266 g/mol. The van der Waals surface area contributed by atoms with Crippen molar-refractivity contribution in [3.05, 3.63) is 0 Å². The summed E-state index contributed by atoms with van der Waals surface area (Å²) in [5, 5.41) is 8.60. The number of esters is 1. The summed E-state index contributed by atoms with van der Waals surface area (Å²) in [6.45, 7) is 6.14. The molecule has 19 heavy (non-hydrogen) atoms. The van der Waals surface area contributed by atoms with E-state index < -0.39 is 24.0 Å². The van der Waals surface area contributed by atoms with E-state index in [4.69, 9.17) is 9.84 Å². The third-order valence-electron chi connectivity index (χ3n) is 3.63. The second kappa shape index (κ2) is 9.24. The Labute approximate surface area is 173 Å². The molecule has 6 heteroatoms. The summed E-state index contributed by atoms with van der Waals surface area (Å²) in [7, 11) is 0. The summed E-state index contributed by atoms with van der Waals surface area (Å²) in [4.78, 5) is 22.1. The molecule has 1 rings (SSSR count). The molecule has 1 N–H and O–H groups in total. The summed E-state index contributed by atoms with van der Waals surface area (Å²) < 4.78 is 5.53. The first-order valence-corrected chi connectivity index (χ1v) is 6.20. The number of ether oxygens (including phenoxy) is 1. The fraction of sp³-hybridized carbons (Fsp3) is 0.846. The molecule has 4 nitrogen and oxygen atoms in total. The quantitative estimate of drug-likeness (QED) is 0.342. The van der Waals surface area contributed by atoms with Crippen molar-refractivity contribution in [2.75, 3.05) is 0 Å². The van der Waals surface area contributed by atoms with Crippen LogP contribution in [0.1, 0.15) is 62.1 Å². The third-order valence-corrected chi connectivity index (χ3v) is 3.63. The van der Waals surface area contributed by atoms with E-state index in [1.54, 1.807) is 0 Å². The van der Waals surface area contributed by atoms with Crippen LogP contribution in [0.2, 0.25) is 0 Å². The molecule has 0 bridgehead atoms.